The first-order valence-electron chi connectivity index (χ1n) is 7.02. The molecule has 1 heterocycles. The highest BCUT2D eigenvalue weighted by molar-refractivity contribution is 7.14. The van der Waals surface area contributed by atoms with E-state index < -0.39 is 30.2 Å². The molecule has 1 aromatic heterocycles. The fourth-order valence-electron chi connectivity index (χ4n) is 1.75. The zero-order valence-electron chi connectivity index (χ0n) is 13.2. The summed E-state index contributed by atoms with van der Waals surface area (Å²) in [7, 11) is 0. The molecule has 2 N–H and O–H groups in total. The van der Waals surface area contributed by atoms with Crippen LogP contribution in [0.25, 0.3) is 0 Å². The average molecular weight is 387 g/mol. The predicted molar refractivity (Wildman–Crippen MR) is 86.8 cm³/mol. The standard InChI is InChI=1S/C15H12F3N3O4S/c1-8(22)19-14-21-11(7-26-14)13(24)25-6-12(23)20-10-4-2-3-9(5-10)15(16,17)18/h2-5,7H,6H2,1H3,(H,20,23)(H,19,21,22). The van der Waals surface area contributed by atoms with Gasteiger partial charge in [-0.15, -0.1) is 11.3 Å². The van der Waals surface area contributed by atoms with E-state index in [1.54, 1.807) is 0 Å². The van der Waals surface area contributed by atoms with Crippen molar-refractivity contribution >= 4 is 39.9 Å². The number of alkyl halides is 3. The third-order valence-corrected chi connectivity index (χ3v) is 3.56. The van der Waals surface area contributed by atoms with Crippen molar-refractivity contribution in [3.8, 4) is 0 Å². The monoisotopic (exact) mass is 387 g/mol. The van der Waals surface area contributed by atoms with E-state index in [0.717, 1.165) is 29.5 Å². The molecule has 0 bridgehead atoms. The minimum Gasteiger partial charge on any atom is -0.451 e. The largest absolute Gasteiger partial charge is 0.451 e. The number of aromatic nitrogens is 1. The van der Waals surface area contributed by atoms with Gasteiger partial charge in [0, 0.05) is 18.0 Å². The number of hydrogen-bond acceptors (Lipinski definition) is 6. The zero-order valence-corrected chi connectivity index (χ0v) is 14.0. The summed E-state index contributed by atoms with van der Waals surface area (Å²) in [6.07, 6.45) is -4.54. The number of hydrogen-bond donors (Lipinski definition) is 2. The van der Waals surface area contributed by atoms with Crippen molar-refractivity contribution in [2.45, 2.75) is 13.1 Å². The normalized spacial score (nSPS) is 10.9. The lowest BCUT2D eigenvalue weighted by molar-refractivity contribution is -0.137. The number of nitrogens with one attached hydrogen (secondary N) is 2. The Morgan fingerprint density at radius 1 is 1.23 bits per heavy atom. The van der Waals surface area contributed by atoms with Gasteiger partial charge in [-0.1, -0.05) is 6.07 Å². The quantitative estimate of drug-likeness (QED) is 0.769. The number of thiazole rings is 1. The summed E-state index contributed by atoms with van der Waals surface area (Å²) >= 11 is 0.996. The second-order valence-corrected chi connectivity index (χ2v) is 5.78. The Balaban J connectivity index is 1.89. The molecule has 2 aromatic rings. The number of ether oxygens (including phenoxy) is 1. The first-order chi connectivity index (χ1) is 12.1. The van der Waals surface area contributed by atoms with Crippen LogP contribution in [-0.4, -0.2) is 29.4 Å². The molecule has 0 spiro atoms. The van der Waals surface area contributed by atoms with E-state index in [1.807, 2.05) is 0 Å². The number of nitrogens with zero attached hydrogens (tertiary/aromatic N) is 1. The minimum atomic E-state index is -4.54. The SMILES string of the molecule is CC(=O)Nc1nc(C(=O)OCC(=O)Nc2cccc(C(F)(F)F)c2)cs1. The summed E-state index contributed by atoms with van der Waals surface area (Å²) in [5.74, 6) is -2.08. The molecule has 2 amide bonds. The van der Waals surface area contributed by atoms with Crippen molar-refractivity contribution in [3.05, 3.63) is 40.9 Å². The first kappa shape index (κ1) is 19.4. The number of carbonyl (C=O) groups excluding carboxylic acids is 3. The molecule has 0 unspecified atom stereocenters. The molecular weight excluding hydrogens is 375 g/mol. The Morgan fingerprint density at radius 3 is 2.62 bits per heavy atom. The molecule has 2 rings (SSSR count). The van der Waals surface area contributed by atoms with Gasteiger partial charge >= 0.3 is 12.1 Å². The van der Waals surface area contributed by atoms with Gasteiger partial charge in [0.15, 0.2) is 17.4 Å². The molecule has 26 heavy (non-hydrogen) atoms. The van der Waals surface area contributed by atoms with Crippen molar-refractivity contribution in [2.24, 2.45) is 0 Å². The molecular formula is C15H12F3N3O4S. The van der Waals surface area contributed by atoms with Crippen LogP contribution < -0.4 is 10.6 Å². The summed E-state index contributed by atoms with van der Waals surface area (Å²) in [5.41, 5.74) is -1.10. The second kappa shape index (κ2) is 7.95. The predicted octanol–water partition coefficient (Wildman–Crippen LogP) is 2.92. The third kappa shape index (κ3) is 5.55. The number of rotatable bonds is 5. The maximum Gasteiger partial charge on any atom is 0.416 e. The van der Waals surface area contributed by atoms with Crippen LogP contribution in [0.2, 0.25) is 0 Å². The highest BCUT2D eigenvalue weighted by Crippen LogP contribution is 2.30. The molecule has 0 aliphatic carbocycles. The lowest BCUT2D eigenvalue weighted by atomic mass is 10.2. The number of carbonyl (C=O) groups is 3. The van der Waals surface area contributed by atoms with Crippen LogP contribution >= 0.6 is 11.3 Å². The van der Waals surface area contributed by atoms with Gasteiger partial charge < -0.3 is 15.4 Å². The highest BCUT2D eigenvalue weighted by Gasteiger charge is 2.30. The number of benzene rings is 1. The Kier molecular flexibility index (Phi) is 5.93. The Labute approximate surface area is 149 Å². The zero-order chi connectivity index (χ0) is 19.3. The number of halogens is 3. The van der Waals surface area contributed by atoms with Crippen molar-refractivity contribution < 1.29 is 32.3 Å². The van der Waals surface area contributed by atoms with Crippen LogP contribution in [0.1, 0.15) is 23.0 Å². The summed E-state index contributed by atoms with van der Waals surface area (Å²) in [6.45, 7) is 0.569. The van der Waals surface area contributed by atoms with Gasteiger partial charge in [-0.3, -0.25) is 9.59 Å². The fraction of sp³-hybridized carbons (Fsp3) is 0.200. The molecule has 11 heteroatoms. The lowest BCUT2D eigenvalue weighted by Gasteiger charge is -2.10. The minimum absolute atomic E-state index is 0.0810. The maximum absolute atomic E-state index is 12.6. The maximum atomic E-state index is 12.6. The Bertz CT molecular complexity index is 836. The number of anilines is 2. The molecule has 0 radical (unpaired) electrons. The molecule has 0 saturated carbocycles. The Hall–Kier alpha value is -2.95. The third-order valence-electron chi connectivity index (χ3n) is 2.80. The average Bonchev–Trinajstić information content (AvgIpc) is 3.00. The van der Waals surface area contributed by atoms with Gasteiger partial charge in [0.25, 0.3) is 5.91 Å². The van der Waals surface area contributed by atoms with Crippen LogP contribution in [0.5, 0.6) is 0 Å². The van der Waals surface area contributed by atoms with Crippen LogP contribution in [-0.2, 0) is 20.5 Å². The van der Waals surface area contributed by atoms with E-state index in [9.17, 15) is 27.6 Å². The summed E-state index contributed by atoms with van der Waals surface area (Å²) in [4.78, 5) is 38.2. The van der Waals surface area contributed by atoms with Crippen molar-refractivity contribution in [1.82, 2.24) is 4.98 Å². The topological polar surface area (TPSA) is 97.4 Å². The van der Waals surface area contributed by atoms with E-state index in [4.69, 9.17) is 4.74 Å². The second-order valence-electron chi connectivity index (χ2n) is 4.92. The summed E-state index contributed by atoms with van der Waals surface area (Å²) in [6, 6.07) is 4.04. The van der Waals surface area contributed by atoms with Gasteiger partial charge in [0.1, 0.15) is 0 Å². The number of amides is 2. The fourth-order valence-corrected chi connectivity index (χ4v) is 2.48. The van der Waals surface area contributed by atoms with E-state index in [0.29, 0.717) is 0 Å². The molecule has 0 aliphatic heterocycles. The van der Waals surface area contributed by atoms with E-state index in [-0.39, 0.29) is 22.4 Å². The molecule has 138 valence electrons. The lowest BCUT2D eigenvalue weighted by Crippen LogP contribution is -2.21. The summed E-state index contributed by atoms with van der Waals surface area (Å²) < 4.78 is 42.6. The first-order valence-corrected chi connectivity index (χ1v) is 7.90. The van der Waals surface area contributed by atoms with Gasteiger partial charge in [0.2, 0.25) is 5.91 Å². The molecule has 0 fully saturated rings. The van der Waals surface area contributed by atoms with Crippen molar-refractivity contribution in [2.75, 3.05) is 17.2 Å². The van der Waals surface area contributed by atoms with Gasteiger partial charge in [-0.05, 0) is 18.2 Å². The molecule has 0 atom stereocenters. The van der Waals surface area contributed by atoms with E-state index in [1.165, 1.54) is 18.4 Å². The van der Waals surface area contributed by atoms with Gasteiger partial charge in [-0.25, -0.2) is 9.78 Å². The smallest absolute Gasteiger partial charge is 0.416 e. The molecule has 7 nitrogen and oxygen atoms in total. The Morgan fingerprint density at radius 2 is 1.96 bits per heavy atom. The summed E-state index contributed by atoms with van der Waals surface area (Å²) in [5, 5.41) is 6.11. The molecule has 0 saturated heterocycles. The molecule has 1 aromatic carbocycles. The van der Waals surface area contributed by atoms with Gasteiger partial charge in [-0.2, -0.15) is 13.2 Å². The van der Waals surface area contributed by atoms with Crippen LogP contribution in [0.15, 0.2) is 29.6 Å². The van der Waals surface area contributed by atoms with E-state index in [2.05, 4.69) is 15.6 Å². The number of esters is 1. The highest BCUT2D eigenvalue weighted by atomic mass is 32.1. The van der Waals surface area contributed by atoms with Crippen LogP contribution in [0, 0.1) is 0 Å². The molecule has 0 aliphatic rings. The van der Waals surface area contributed by atoms with Gasteiger partial charge in [0.05, 0.1) is 5.56 Å². The van der Waals surface area contributed by atoms with E-state index >= 15 is 0 Å². The van der Waals surface area contributed by atoms with Crippen molar-refractivity contribution in [3.63, 3.8) is 0 Å². The van der Waals surface area contributed by atoms with Crippen LogP contribution in [0.3, 0.4) is 0 Å². The van der Waals surface area contributed by atoms with Crippen molar-refractivity contribution in [1.29, 1.82) is 0 Å². The van der Waals surface area contributed by atoms with Crippen LogP contribution in [0.4, 0.5) is 24.0 Å².